The number of likely N-dealkylation sites (tertiary alicyclic amines) is 4. The summed E-state index contributed by atoms with van der Waals surface area (Å²) in [6, 6.07) is 0. The first-order valence-electron chi connectivity index (χ1n) is 15.8. The highest BCUT2D eigenvalue weighted by molar-refractivity contribution is 6.25. The number of rotatable bonds is 4. The van der Waals surface area contributed by atoms with E-state index in [-0.39, 0.29) is 11.8 Å². The predicted molar refractivity (Wildman–Crippen MR) is 158 cm³/mol. The van der Waals surface area contributed by atoms with Crippen LogP contribution in [0.4, 0.5) is 0 Å². The van der Waals surface area contributed by atoms with E-state index in [0.717, 1.165) is 39.0 Å². The molecule has 4 aliphatic heterocycles. The Morgan fingerprint density at radius 3 is 0.880 bits per heavy atom. The molecular formula is C32H40N4O14-6. The summed E-state index contributed by atoms with van der Waals surface area (Å²) >= 11 is 0. The zero-order valence-electron chi connectivity index (χ0n) is 27.6. The molecular weight excluding hydrogens is 664 g/mol. The minimum Gasteiger partial charge on any atom is -0.543 e. The summed E-state index contributed by atoms with van der Waals surface area (Å²) in [5, 5.41) is 53.6. The Morgan fingerprint density at radius 2 is 0.660 bits per heavy atom. The van der Waals surface area contributed by atoms with Crippen LogP contribution in [-0.2, 0) is 38.4 Å². The van der Waals surface area contributed by atoms with Gasteiger partial charge in [0.1, 0.15) is 0 Å². The van der Waals surface area contributed by atoms with Gasteiger partial charge in [-0.25, -0.2) is 0 Å². The van der Waals surface area contributed by atoms with E-state index in [0.29, 0.717) is 25.9 Å². The van der Waals surface area contributed by atoms with Crippen LogP contribution in [0.2, 0.25) is 0 Å². The lowest BCUT2D eigenvalue weighted by molar-refractivity contribution is -0.345. The molecule has 0 aliphatic carbocycles. The van der Waals surface area contributed by atoms with E-state index in [4.69, 9.17) is 59.4 Å². The van der Waals surface area contributed by atoms with Crippen molar-refractivity contribution in [1.29, 1.82) is 0 Å². The van der Waals surface area contributed by atoms with Gasteiger partial charge in [0, 0.05) is 25.9 Å². The van der Waals surface area contributed by atoms with Crippen molar-refractivity contribution < 1.29 is 69.0 Å². The maximum Gasteiger partial charge on any atom is 0.223 e. The molecule has 4 heterocycles. The van der Waals surface area contributed by atoms with Crippen LogP contribution >= 0.6 is 0 Å². The van der Waals surface area contributed by atoms with Crippen LogP contribution < -0.4 is 30.6 Å². The molecule has 0 aromatic heterocycles. The van der Waals surface area contributed by atoms with Crippen LogP contribution in [-0.4, -0.2) is 133 Å². The van der Waals surface area contributed by atoms with Gasteiger partial charge in [-0.05, 0) is 64.7 Å². The Balaban J connectivity index is 0.000000657. The maximum absolute atomic E-state index is 11.3. The second-order valence-electron chi connectivity index (χ2n) is 10.9. The smallest absolute Gasteiger partial charge is 0.223 e. The summed E-state index contributed by atoms with van der Waals surface area (Å²) in [4.78, 5) is 84.7. The quantitative estimate of drug-likeness (QED) is 0.194. The van der Waals surface area contributed by atoms with Crippen molar-refractivity contribution in [2.24, 2.45) is 0 Å². The summed E-state index contributed by atoms with van der Waals surface area (Å²) in [6.07, 6.45) is 11.4. The van der Waals surface area contributed by atoms with Gasteiger partial charge in [0.15, 0.2) is 0 Å². The zero-order valence-corrected chi connectivity index (χ0v) is 27.6. The summed E-state index contributed by atoms with van der Waals surface area (Å²) in [5.41, 5.74) is 0. The second-order valence-corrected chi connectivity index (χ2v) is 10.9. The van der Waals surface area contributed by atoms with Crippen molar-refractivity contribution in [3.8, 4) is 23.7 Å². The van der Waals surface area contributed by atoms with E-state index in [9.17, 15) is 9.59 Å². The van der Waals surface area contributed by atoms with Crippen LogP contribution in [0, 0.1) is 23.7 Å². The number of carbonyl (C=O) groups is 8. The molecule has 4 aliphatic rings. The van der Waals surface area contributed by atoms with Gasteiger partial charge in [-0.2, -0.15) is 0 Å². The molecule has 278 valence electrons. The van der Waals surface area contributed by atoms with Crippen molar-refractivity contribution >= 4 is 47.6 Å². The average molecular weight is 705 g/mol. The number of amides is 2. The minimum absolute atomic E-state index is 0.271. The third-order valence-corrected chi connectivity index (χ3v) is 7.14. The van der Waals surface area contributed by atoms with E-state index in [1.54, 1.807) is 0 Å². The Labute approximate surface area is 289 Å². The Bertz CT molecular complexity index is 1130. The molecule has 0 unspecified atom stereocenters. The van der Waals surface area contributed by atoms with Crippen LogP contribution in [0.5, 0.6) is 0 Å². The van der Waals surface area contributed by atoms with E-state index in [1.807, 2.05) is 9.80 Å². The van der Waals surface area contributed by atoms with Gasteiger partial charge in [-0.1, -0.05) is 36.5 Å². The number of carboxylic acids is 6. The third kappa shape index (κ3) is 23.2. The summed E-state index contributed by atoms with van der Waals surface area (Å²) < 4.78 is 0. The Kier molecular flexibility index (Phi) is 23.9. The number of carboxylic acid groups (broad SMARTS) is 6. The zero-order chi connectivity index (χ0) is 37.9. The molecule has 0 aromatic carbocycles. The van der Waals surface area contributed by atoms with Gasteiger partial charge in [-0.3, -0.25) is 19.4 Å². The van der Waals surface area contributed by atoms with Crippen molar-refractivity contribution in [3.63, 3.8) is 0 Å². The molecule has 0 radical (unpaired) electrons. The van der Waals surface area contributed by atoms with Crippen LogP contribution in [0.3, 0.4) is 0 Å². The normalized spacial score (nSPS) is 16.7. The standard InChI is InChI=1S/2C13H20N2O.3C2H2O4/c2*16-13-7-6-12-15(13)11-5-4-10-14-8-2-1-3-9-14;3*3-1(4)2(5)6/h2*1-3,6-12H2;3*(H,3,4)(H,5,6)/p-6. The molecule has 2 amide bonds. The number of nitrogens with zero attached hydrogens (tertiary/aromatic N) is 4. The lowest BCUT2D eigenvalue weighted by Crippen LogP contribution is -2.42. The number of aliphatic carboxylic acids is 6. The number of hydrogen-bond acceptors (Lipinski definition) is 16. The molecule has 0 aromatic rings. The van der Waals surface area contributed by atoms with E-state index in [2.05, 4.69) is 33.5 Å². The van der Waals surface area contributed by atoms with Crippen molar-refractivity contribution in [3.05, 3.63) is 0 Å². The van der Waals surface area contributed by atoms with E-state index >= 15 is 0 Å². The third-order valence-electron chi connectivity index (χ3n) is 7.14. The molecule has 4 fully saturated rings. The Morgan fingerprint density at radius 1 is 0.400 bits per heavy atom. The van der Waals surface area contributed by atoms with Crippen molar-refractivity contribution in [1.82, 2.24) is 19.6 Å². The molecule has 4 saturated heterocycles. The highest BCUT2D eigenvalue weighted by Gasteiger charge is 2.19. The van der Waals surface area contributed by atoms with Gasteiger partial charge in [0.05, 0.1) is 62.0 Å². The fourth-order valence-electron chi connectivity index (χ4n) is 4.62. The topological polar surface area (TPSA) is 288 Å². The van der Waals surface area contributed by atoms with Gasteiger partial charge in [0.25, 0.3) is 0 Å². The largest absolute Gasteiger partial charge is 0.543 e. The highest BCUT2D eigenvalue weighted by atomic mass is 16.5. The number of carbonyl (C=O) groups excluding carboxylic acids is 8. The molecule has 0 saturated carbocycles. The second kappa shape index (κ2) is 26.7. The maximum atomic E-state index is 11.3. The van der Waals surface area contributed by atoms with Crippen LogP contribution in [0.15, 0.2) is 0 Å². The van der Waals surface area contributed by atoms with E-state index < -0.39 is 35.8 Å². The van der Waals surface area contributed by atoms with Crippen molar-refractivity contribution in [2.45, 2.75) is 64.2 Å². The lowest BCUT2D eigenvalue weighted by Gasteiger charge is -2.23. The first-order chi connectivity index (χ1) is 23.6. The summed E-state index contributed by atoms with van der Waals surface area (Å²) in [6.45, 7) is 9.58. The predicted octanol–water partition coefficient (Wildman–Crippen LogP) is -8.35. The summed E-state index contributed by atoms with van der Waals surface area (Å²) in [5.74, 6) is 0.0362. The fraction of sp³-hybridized carbons (Fsp3) is 0.625. The fourth-order valence-corrected chi connectivity index (χ4v) is 4.62. The molecule has 0 atom stereocenters. The number of piperidine rings is 2. The SMILES string of the molecule is O=C([O-])C(=O)[O-].O=C([O-])C(=O)[O-].O=C([O-])C(=O)[O-].O=C1CCCN1CC#CCN1CCCCC1.O=C1CCCN1CC#CCN1CCCCC1. The molecule has 0 N–H and O–H groups in total. The summed E-state index contributed by atoms with van der Waals surface area (Å²) in [7, 11) is 0. The van der Waals surface area contributed by atoms with Gasteiger partial charge < -0.3 is 69.2 Å². The molecule has 50 heavy (non-hydrogen) atoms. The van der Waals surface area contributed by atoms with E-state index in [1.165, 1.54) is 64.7 Å². The van der Waals surface area contributed by atoms with Gasteiger partial charge in [-0.15, -0.1) is 0 Å². The van der Waals surface area contributed by atoms with Crippen LogP contribution in [0.1, 0.15) is 64.2 Å². The molecule has 18 heteroatoms. The highest BCUT2D eigenvalue weighted by Crippen LogP contribution is 2.10. The Hall–Kier alpha value is -5.20. The first kappa shape index (κ1) is 44.8. The molecule has 4 rings (SSSR count). The minimum atomic E-state index is -2.19. The van der Waals surface area contributed by atoms with Crippen LogP contribution in [0.25, 0.3) is 0 Å². The first-order valence-corrected chi connectivity index (χ1v) is 15.8. The van der Waals surface area contributed by atoms with Gasteiger partial charge in [0.2, 0.25) is 11.8 Å². The molecule has 0 bridgehead atoms. The van der Waals surface area contributed by atoms with Gasteiger partial charge >= 0.3 is 0 Å². The molecule has 18 nitrogen and oxygen atoms in total. The number of hydrogen-bond donors (Lipinski definition) is 0. The monoisotopic (exact) mass is 704 g/mol. The average Bonchev–Trinajstić information content (AvgIpc) is 3.70. The lowest BCUT2D eigenvalue weighted by atomic mass is 10.1. The molecule has 0 spiro atoms. The van der Waals surface area contributed by atoms with Crippen molar-refractivity contribution in [2.75, 3.05) is 65.4 Å².